The van der Waals surface area contributed by atoms with Gasteiger partial charge in [-0.05, 0) is 203 Å². The maximum absolute atomic E-state index is 12.2. The predicted octanol–water partition coefficient (Wildman–Crippen LogP) is 8.72. The number of aliphatic hydroxyl groups excluding tert-OH is 1. The number of rotatable bonds is 5. The fraction of sp³-hybridized carbons (Fsp3) is 0.923. The Kier molecular flexibility index (Phi) is 8.82. The van der Waals surface area contributed by atoms with Gasteiger partial charge in [0.05, 0.1) is 17.3 Å². The van der Waals surface area contributed by atoms with Crippen LogP contribution >= 0.6 is 0 Å². The number of hydrogen-bond donors (Lipinski definition) is 3. The van der Waals surface area contributed by atoms with Gasteiger partial charge < -0.3 is 29.5 Å². The van der Waals surface area contributed by atoms with E-state index in [0.29, 0.717) is 66.7 Å². The monoisotopic (exact) mass is 829 g/mol. The lowest BCUT2D eigenvalue weighted by Gasteiger charge is -2.64. The SMILES string of the molecule is C[C@]12CCC(=O)C=C1[C@@H]1C[C@@H]1C1C2CC[C@@]2(C)C1[C@@H]1C[C@@H]1[C@@]21CCC(=O)O1.C[C@]12CCC3C(C1CC[C@@]2(O)CCCOC1CCCCO1)[C@H]1C[C@H]1C1(O)CC(O)CC[C@]31C. The van der Waals surface area contributed by atoms with Crippen LogP contribution in [0.1, 0.15) is 163 Å². The zero-order valence-electron chi connectivity index (χ0n) is 37.3. The van der Waals surface area contributed by atoms with Gasteiger partial charge in [-0.15, -0.1) is 0 Å². The third-order valence-electron chi connectivity index (χ3n) is 23.0. The lowest BCUT2D eigenvalue weighted by atomic mass is 9.43. The minimum Gasteiger partial charge on any atom is -0.458 e. The second-order valence-corrected chi connectivity index (χ2v) is 24.9. The van der Waals surface area contributed by atoms with Crippen LogP contribution in [0.3, 0.4) is 0 Å². The number of allylic oxidation sites excluding steroid dienone is 1. The van der Waals surface area contributed by atoms with Crippen molar-refractivity contribution < 1.29 is 39.1 Å². The number of fused-ring (bicyclic) bond motifs is 20. The molecule has 8 heteroatoms. The molecular weight excluding hydrogens is 753 g/mol. The Balaban J connectivity index is 0.000000131. The lowest BCUT2D eigenvalue weighted by Crippen LogP contribution is -2.65. The molecule has 3 N–H and O–H groups in total. The molecule has 11 aliphatic carbocycles. The van der Waals surface area contributed by atoms with E-state index in [1.165, 1.54) is 37.7 Å². The van der Waals surface area contributed by atoms with Gasteiger partial charge in [0.2, 0.25) is 0 Å². The van der Waals surface area contributed by atoms with E-state index in [0.717, 1.165) is 126 Å². The second kappa shape index (κ2) is 13.2. The van der Waals surface area contributed by atoms with Crippen molar-refractivity contribution in [3.05, 3.63) is 11.6 Å². The predicted molar refractivity (Wildman–Crippen MR) is 225 cm³/mol. The second-order valence-electron chi connectivity index (χ2n) is 24.9. The molecular formula is C52H76O8. The summed E-state index contributed by atoms with van der Waals surface area (Å²) < 4.78 is 17.9. The molecule has 10 saturated carbocycles. The summed E-state index contributed by atoms with van der Waals surface area (Å²) in [6.45, 7) is 11.2. The molecule has 332 valence electrons. The van der Waals surface area contributed by atoms with Gasteiger partial charge in [0.1, 0.15) is 5.60 Å². The van der Waals surface area contributed by atoms with Crippen molar-refractivity contribution in [1.29, 1.82) is 0 Å². The minimum atomic E-state index is -0.683. The number of carbonyl (C=O) groups is 2. The van der Waals surface area contributed by atoms with Gasteiger partial charge >= 0.3 is 5.97 Å². The average molecular weight is 829 g/mol. The van der Waals surface area contributed by atoms with Gasteiger partial charge in [0.15, 0.2) is 12.1 Å². The van der Waals surface area contributed by atoms with E-state index in [2.05, 4.69) is 33.8 Å². The molecule has 0 aromatic heterocycles. The zero-order chi connectivity index (χ0) is 41.4. The van der Waals surface area contributed by atoms with E-state index in [9.17, 15) is 24.9 Å². The van der Waals surface area contributed by atoms with Gasteiger partial charge in [-0.3, -0.25) is 9.59 Å². The first kappa shape index (κ1) is 40.2. The molecule has 2 heterocycles. The summed E-state index contributed by atoms with van der Waals surface area (Å²) in [5.74, 6) is 8.34. The third kappa shape index (κ3) is 5.21. The maximum atomic E-state index is 12.2. The highest BCUT2D eigenvalue weighted by atomic mass is 16.7. The van der Waals surface area contributed by atoms with Crippen molar-refractivity contribution >= 4 is 11.8 Å². The number of ketones is 1. The number of aliphatic hydroxyl groups is 3. The van der Waals surface area contributed by atoms with Crippen LogP contribution < -0.4 is 0 Å². The number of hydrogen-bond acceptors (Lipinski definition) is 8. The molecule has 0 aromatic carbocycles. The fourth-order valence-electron chi connectivity index (χ4n) is 19.9. The Morgan fingerprint density at radius 1 is 0.733 bits per heavy atom. The van der Waals surface area contributed by atoms with E-state index >= 15 is 0 Å². The molecule has 2 saturated heterocycles. The Labute approximate surface area is 359 Å². The summed E-state index contributed by atoms with van der Waals surface area (Å²) in [4.78, 5) is 24.3. The number of carbonyl (C=O) groups excluding carboxylic acids is 2. The van der Waals surface area contributed by atoms with Crippen molar-refractivity contribution in [2.75, 3.05) is 13.2 Å². The van der Waals surface area contributed by atoms with Crippen LogP contribution in [0.15, 0.2) is 11.6 Å². The summed E-state index contributed by atoms with van der Waals surface area (Å²) in [6, 6.07) is 0. The zero-order valence-corrected chi connectivity index (χ0v) is 37.3. The number of ether oxygens (including phenoxy) is 3. The Bertz CT molecular complexity index is 1840. The van der Waals surface area contributed by atoms with Gasteiger partial charge in [0, 0.05) is 43.8 Å². The van der Waals surface area contributed by atoms with Gasteiger partial charge in [-0.2, -0.15) is 0 Å². The van der Waals surface area contributed by atoms with Crippen LogP contribution in [0.25, 0.3) is 0 Å². The highest BCUT2D eigenvalue weighted by Gasteiger charge is 2.81. The van der Waals surface area contributed by atoms with Crippen molar-refractivity contribution in [3.8, 4) is 0 Å². The molecule has 0 aromatic rings. The molecule has 60 heavy (non-hydrogen) atoms. The van der Waals surface area contributed by atoms with E-state index in [4.69, 9.17) is 14.2 Å². The van der Waals surface area contributed by atoms with E-state index in [1.807, 2.05) is 0 Å². The molecule has 9 unspecified atom stereocenters. The van der Waals surface area contributed by atoms with E-state index < -0.39 is 11.2 Å². The maximum Gasteiger partial charge on any atom is 0.306 e. The van der Waals surface area contributed by atoms with Gasteiger partial charge in [-0.1, -0.05) is 33.3 Å². The van der Waals surface area contributed by atoms with Crippen LogP contribution in [0.2, 0.25) is 0 Å². The number of esters is 1. The van der Waals surface area contributed by atoms with Crippen LogP contribution in [-0.2, 0) is 23.8 Å². The first-order valence-electron chi connectivity index (χ1n) is 25.4. The third-order valence-corrected chi connectivity index (χ3v) is 23.0. The fourth-order valence-corrected chi connectivity index (χ4v) is 19.9. The largest absolute Gasteiger partial charge is 0.458 e. The highest BCUT2D eigenvalue weighted by molar-refractivity contribution is 5.92. The molecule has 21 atom stereocenters. The Hall–Kier alpha value is -1.32. The molecule has 1 spiro atoms. The van der Waals surface area contributed by atoms with Crippen molar-refractivity contribution in [1.82, 2.24) is 0 Å². The highest BCUT2D eigenvalue weighted by Crippen LogP contribution is 2.83. The molecule has 12 fully saturated rings. The van der Waals surface area contributed by atoms with E-state index in [1.54, 1.807) is 0 Å². The topological polar surface area (TPSA) is 123 Å². The summed E-state index contributed by atoms with van der Waals surface area (Å²) in [5.41, 5.74) is 0.467. The standard InChI is InChI=1S/C28H46O5.C24H30O3/c1-25-12-8-21-24(19-16-22(19)28(31)17-18(29)7-11-26(21,28)2)20(25)9-13-27(25,30)10-5-15-33-23-6-3-4-14-32-23;1-22-6-3-12(25)9-17(22)13-10-14(13)20-16(22)4-7-23(2)21(20)15-11-18(15)24(23)8-5-19(26)27-24/h18-24,29-31H,3-17H2,1-2H3;9,13-16,18,20-21H,3-8,10-11H2,1-2H3/t18?,19-,20?,21?,22+,23?,24?,25-,26+,27-,28?;13-,14+,15-,16?,18+,20?,21?,22-,23+,24+/m01/s1. The average Bonchev–Trinajstić information content (AvgIpc) is 4.16. The van der Waals surface area contributed by atoms with Gasteiger partial charge in [-0.25, -0.2) is 0 Å². The summed E-state index contributed by atoms with van der Waals surface area (Å²) in [5, 5.41) is 34.3. The molecule has 13 rings (SSSR count). The quantitative estimate of drug-likeness (QED) is 0.186. The van der Waals surface area contributed by atoms with Crippen LogP contribution in [-0.4, -0.2) is 69.5 Å². The van der Waals surface area contributed by atoms with Crippen LogP contribution in [0, 0.1) is 92.7 Å². The Morgan fingerprint density at radius 3 is 2.27 bits per heavy atom. The molecule has 0 bridgehead atoms. The molecule has 8 nitrogen and oxygen atoms in total. The van der Waals surface area contributed by atoms with Crippen LogP contribution in [0.4, 0.5) is 0 Å². The summed E-state index contributed by atoms with van der Waals surface area (Å²) >= 11 is 0. The van der Waals surface area contributed by atoms with Crippen LogP contribution in [0.5, 0.6) is 0 Å². The normalized spacial score (nSPS) is 59.5. The van der Waals surface area contributed by atoms with Gasteiger partial charge in [0.25, 0.3) is 0 Å². The smallest absolute Gasteiger partial charge is 0.306 e. The first-order chi connectivity index (χ1) is 28.6. The van der Waals surface area contributed by atoms with Crippen molar-refractivity contribution in [2.24, 2.45) is 92.7 Å². The van der Waals surface area contributed by atoms with E-state index in [-0.39, 0.29) is 45.6 Å². The minimum absolute atomic E-state index is 0.0252. The molecule has 2 aliphatic heterocycles. The van der Waals surface area contributed by atoms with Crippen molar-refractivity contribution in [2.45, 2.75) is 192 Å². The summed E-state index contributed by atoms with van der Waals surface area (Å²) in [6.07, 6.45) is 22.9. The molecule has 0 radical (unpaired) electrons. The first-order valence-corrected chi connectivity index (χ1v) is 25.4. The summed E-state index contributed by atoms with van der Waals surface area (Å²) in [7, 11) is 0. The Morgan fingerprint density at radius 2 is 1.48 bits per heavy atom. The molecule has 13 aliphatic rings. The molecule has 0 amide bonds. The van der Waals surface area contributed by atoms with Crippen molar-refractivity contribution in [3.63, 3.8) is 0 Å². The lowest BCUT2D eigenvalue weighted by molar-refractivity contribution is -0.233.